The number of allylic oxidation sites excluding steroid dienone is 1. The summed E-state index contributed by atoms with van der Waals surface area (Å²) in [6.45, 7) is 7.07. The van der Waals surface area contributed by atoms with E-state index in [1.54, 1.807) is 12.1 Å². The number of hydrogen-bond donors (Lipinski definition) is 1. The van der Waals surface area contributed by atoms with E-state index < -0.39 is 0 Å². The van der Waals surface area contributed by atoms with E-state index in [0.29, 0.717) is 18.3 Å². The van der Waals surface area contributed by atoms with Gasteiger partial charge in [-0.05, 0) is 81.0 Å². The van der Waals surface area contributed by atoms with Crippen LogP contribution in [-0.2, 0) is 0 Å². The smallest absolute Gasteiger partial charge is 0.219 e. The Kier molecular flexibility index (Phi) is 7.35. The molecule has 0 saturated carbocycles. The number of ether oxygens (including phenoxy) is 1. The van der Waals surface area contributed by atoms with Gasteiger partial charge in [0.25, 0.3) is 0 Å². The normalized spacial score (nSPS) is 16.4. The molecule has 1 aromatic heterocycles. The van der Waals surface area contributed by atoms with Gasteiger partial charge in [0.05, 0.1) is 15.7 Å². The van der Waals surface area contributed by atoms with Gasteiger partial charge in [-0.1, -0.05) is 0 Å². The summed E-state index contributed by atoms with van der Waals surface area (Å²) in [6.07, 6.45) is 3.85. The summed E-state index contributed by atoms with van der Waals surface area (Å²) < 4.78 is 7.14. The van der Waals surface area contributed by atoms with Gasteiger partial charge in [-0.2, -0.15) is 5.26 Å². The highest BCUT2D eigenvalue weighted by atomic mass is 79.9. The molecule has 0 atom stereocenters. The fraction of sp³-hybridized carbons (Fsp3) is 0.478. The standard InChI is InChI=1S/C23H29BrN4O2/c1-15(2)28-9-6-18(7-10-28)30-22-12-17-11-21(26-20(17)13-19(22)24)23(29)16(14-25)5-8-27(3)4/h5,11-13,15,18,26H,6-10H2,1-4H3/b16-5+. The maximum absolute atomic E-state index is 12.7. The number of Topliss-reactive ketones (excluding diaryl/α,β-unsaturated/α-hetero) is 1. The molecule has 1 aromatic carbocycles. The van der Waals surface area contributed by atoms with Crippen LogP contribution in [0.1, 0.15) is 37.2 Å². The summed E-state index contributed by atoms with van der Waals surface area (Å²) in [7, 11) is 3.79. The topological polar surface area (TPSA) is 72.4 Å². The van der Waals surface area contributed by atoms with Crippen molar-refractivity contribution in [2.24, 2.45) is 0 Å². The molecule has 160 valence electrons. The van der Waals surface area contributed by atoms with Crippen molar-refractivity contribution in [3.05, 3.63) is 40.0 Å². The highest BCUT2D eigenvalue weighted by Crippen LogP contribution is 2.33. The first-order valence-electron chi connectivity index (χ1n) is 10.3. The lowest BCUT2D eigenvalue weighted by molar-refractivity contribution is 0.0839. The Morgan fingerprint density at radius 1 is 1.37 bits per heavy atom. The van der Waals surface area contributed by atoms with E-state index in [2.05, 4.69) is 39.7 Å². The molecule has 2 aromatic rings. The molecule has 0 amide bonds. The third kappa shape index (κ3) is 5.31. The second kappa shape index (κ2) is 9.78. The molecule has 3 rings (SSSR count). The Balaban J connectivity index is 1.77. The number of rotatable bonds is 7. The molecule has 0 radical (unpaired) electrons. The van der Waals surface area contributed by atoms with Crippen LogP contribution in [0.15, 0.2) is 34.3 Å². The molecule has 1 aliphatic rings. The number of aromatic amines is 1. The lowest BCUT2D eigenvalue weighted by atomic mass is 10.1. The second-order valence-corrected chi connectivity index (χ2v) is 9.18. The van der Waals surface area contributed by atoms with Crippen LogP contribution in [0, 0.1) is 11.3 Å². The van der Waals surface area contributed by atoms with Crippen molar-refractivity contribution in [1.82, 2.24) is 14.8 Å². The molecule has 1 saturated heterocycles. The predicted molar refractivity (Wildman–Crippen MR) is 123 cm³/mol. The fourth-order valence-electron chi connectivity index (χ4n) is 3.64. The zero-order valence-electron chi connectivity index (χ0n) is 18.0. The number of nitriles is 1. The quantitative estimate of drug-likeness (QED) is 0.367. The molecule has 0 spiro atoms. The van der Waals surface area contributed by atoms with Gasteiger partial charge in [0, 0.05) is 36.6 Å². The number of halogens is 1. The number of carbonyl (C=O) groups is 1. The number of H-pyrrole nitrogens is 1. The van der Waals surface area contributed by atoms with Crippen LogP contribution in [-0.4, -0.2) is 66.4 Å². The zero-order chi connectivity index (χ0) is 21.8. The van der Waals surface area contributed by atoms with Crippen molar-refractivity contribution in [1.29, 1.82) is 5.26 Å². The Bertz CT molecular complexity index is 979. The first kappa shape index (κ1) is 22.5. The largest absolute Gasteiger partial charge is 0.489 e. The highest BCUT2D eigenvalue weighted by Gasteiger charge is 2.23. The number of piperidine rings is 1. The number of carbonyl (C=O) groups excluding carboxylic acids is 1. The number of ketones is 1. The van der Waals surface area contributed by atoms with E-state index in [1.807, 2.05) is 37.2 Å². The SMILES string of the molecule is CC(C)N1CCC(Oc2cc3cc(C(=O)/C(C#N)=C/CN(C)C)[nH]c3cc2Br)CC1. The van der Waals surface area contributed by atoms with Crippen LogP contribution in [0.4, 0.5) is 0 Å². The van der Waals surface area contributed by atoms with E-state index >= 15 is 0 Å². The van der Waals surface area contributed by atoms with E-state index in [9.17, 15) is 10.1 Å². The van der Waals surface area contributed by atoms with Crippen LogP contribution in [0.3, 0.4) is 0 Å². The first-order valence-corrected chi connectivity index (χ1v) is 11.1. The van der Waals surface area contributed by atoms with Gasteiger partial charge in [-0.25, -0.2) is 0 Å². The summed E-state index contributed by atoms with van der Waals surface area (Å²) in [5.41, 5.74) is 1.38. The number of likely N-dealkylation sites (tertiary alicyclic amines) is 1. The minimum Gasteiger partial charge on any atom is -0.489 e. The molecule has 1 aliphatic heterocycles. The molecule has 0 bridgehead atoms. The van der Waals surface area contributed by atoms with Gasteiger partial charge >= 0.3 is 0 Å². The number of nitrogens with zero attached hydrogens (tertiary/aromatic N) is 3. The van der Waals surface area contributed by atoms with Crippen LogP contribution in [0.2, 0.25) is 0 Å². The molecule has 1 fully saturated rings. The maximum Gasteiger partial charge on any atom is 0.219 e. The van der Waals surface area contributed by atoms with E-state index in [1.165, 1.54) is 0 Å². The number of nitrogens with one attached hydrogen (secondary N) is 1. The second-order valence-electron chi connectivity index (χ2n) is 8.32. The van der Waals surface area contributed by atoms with Crippen LogP contribution >= 0.6 is 15.9 Å². The lowest BCUT2D eigenvalue weighted by Gasteiger charge is -2.34. The molecule has 0 aliphatic carbocycles. The van der Waals surface area contributed by atoms with Crippen molar-refractivity contribution < 1.29 is 9.53 Å². The molecule has 30 heavy (non-hydrogen) atoms. The number of hydrogen-bond acceptors (Lipinski definition) is 5. The van der Waals surface area contributed by atoms with Crippen LogP contribution in [0.5, 0.6) is 5.75 Å². The van der Waals surface area contributed by atoms with Crippen molar-refractivity contribution in [3.8, 4) is 11.8 Å². The molecule has 7 heteroatoms. The Hall–Kier alpha value is -2.14. The maximum atomic E-state index is 12.7. The van der Waals surface area contributed by atoms with Gasteiger partial charge in [-0.3, -0.25) is 4.79 Å². The van der Waals surface area contributed by atoms with E-state index in [4.69, 9.17) is 4.74 Å². The van der Waals surface area contributed by atoms with E-state index in [0.717, 1.165) is 47.1 Å². The Morgan fingerprint density at radius 2 is 2.07 bits per heavy atom. The molecule has 2 heterocycles. The lowest BCUT2D eigenvalue weighted by Crippen LogP contribution is -2.41. The summed E-state index contributed by atoms with van der Waals surface area (Å²) in [4.78, 5) is 20.3. The van der Waals surface area contributed by atoms with Gasteiger partial charge in [0.2, 0.25) is 5.78 Å². The van der Waals surface area contributed by atoms with Crippen molar-refractivity contribution in [2.45, 2.75) is 38.8 Å². The van der Waals surface area contributed by atoms with Gasteiger partial charge < -0.3 is 19.5 Å². The molecular weight excluding hydrogens is 444 g/mol. The van der Waals surface area contributed by atoms with Crippen LogP contribution < -0.4 is 4.74 Å². The van der Waals surface area contributed by atoms with Crippen molar-refractivity contribution in [2.75, 3.05) is 33.7 Å². The summed E-state index contributed by atoms with van der Waals surface area (Å²) >= 11 is 3.60. The molecule has 0 unspecified atom stereocenters. The Labute approximate surface area is 186 Å². The first-order chi connectivity index (χ1) is 14.3. The van der Waals surface area contributed by atoms with Crippen LogP contribution in [0.25, 0.3) is 10.9 Å². The summed E-state index contributed by atoms with van der Waals surface area (Å²) in [6, 6.07) is 8.26. The number of aromatic nitrogens is 1. The highest BCUT2D eigenvalue weighted by molar-refractivity contribution is 9.10. The molecule has 6 nitrogen and oxygen atoms in total. The number of benzene rings is 1. The minimum absolute atomic E-state index is 0.141. The minimum atomic E-state index is -0.296. The number of fused-ring (bicyclic) bond motifs is 1. The summed E-state index contributed by atoms with van der Waals surface area (Å²) in [5, 5.41) is 10.3. The average molecular weight is 473 g/mol. The average Bonchev–Trinajstić information content (AvgIpc) is 3.11. The third-order valence-electron chi connectivity index (χ3n) is 5.44. The monoisotopic (exact) mass is 472 g/mol. The van der Waals surface area contributed by atoms with E-state index in [-0.39, 0.29) is 17.5 Å². The van der Waals surface area contributed by atoms with Gasteiger partial charge in [-0.15, -0.1) is 0 Å². The fourth-order valence-corrected chi connectivity index (χ4v) is 4.08. The zero-order valence-corrected chi connectivity index (χ0v) is 19.6. The molecular formula is C23H29BrN4O2. The van der Waals surface area contributed by atoms with Crippen molar-refractivity contribution >= 4 is 32.6 Å². The van der Waals surface area contributed by atoms with Crippen molar-refractivity contribution in [3.63, 3.8) is 0 Å². The summed E-state index contributed by atoms with van der Waals surface area (Å²) in [5.74, 6) is 0.488. The Morgan fingerprint density at radius 3 is 2.67 bits per heavy atom. The molecule has 1 N–H and O–H groups in total. The third-order valence-corrected chi connectivity index (χ3v) is 6.06. The number of likely N-dealkylation sites (N-methyl/N-ethyl adjacent to an activating group) is 1. The predicted octanol–water partition coefficient (Wildman–Crippen LogP) is 4.38. The van der Waals surface area contributed by atoms with Gasteiger partial charge in [0.1, 0.15) is 17.9 Å². The van der Waals surface area contributed by atoms with Gasteiger partial charge in [0.15, 0.2) is 0 Å².